The van der Waals surface area contributed by atoms with Crippen molar-refractivity contribution < 1.29 is 9.53 Å². The Hall–Kier alpha value is -1.51. The Morgan fingerprint density at radius 3 is 2.35 bits per heavy atom. The number of hydrogen-bond acceptors (Lipinski definition) is 2. The molecule has 0 unspecified atom stereocenters. The number of anilines is 1. The van der Waals surface area contributed by atoms with Crippen LogP contribution in [0.3, 0.4) is 0 Å². The number of benzene rings is 1. The van der Waals surface area contributed by atoms with Crippen LogP contribution in [-0.4, -0.2) is 19.2 Å². The number of aryl methyl sites for hydroxylation is 1. The van der Waals surface area contributed by atoms with Gasteiger partial charge in [-0.3, -0.25) is 4.90 Å². The zero-order valence-corrected chi connectivity index (χ0v) is 11.1. The van der Waals surface area contributed by atoms with Crippen molar-refractivity contribution in [2.45, 2.75) is 39.7 Å². The van der Waals surface area contributed by atoms with Crippen LogP contribution >= 0.6 is 0 Å². The minimum atomic E-state index is -0.316. The lowest BCUT2D eigenvalue weighted by Gasteiger charge is -2.19. The van der Waals surface area contributed by atoms with E-state index in [0.717, 1.165) is 18.5 Å². The number of hydrogen-bond donors (Lipinski definition) is 0. The summed E-state index contributed by atoms with van der Waals surface area (Å²) in [5.41, 5.74) is 2.15. The van der Waals surface area contributed by atoms with Crippen LogP contribution in [0.1, 0.15) is 32.8 Å². The smallest absolute Gasteiger partial charge is 0.414 e. The van der Waals surface area contributed by atoms with Gasteiger partial charge in [0, 0.05) is 12.7 Å². The summed E-state index contributed by atoms with van der Waals surface area (Å²) in [7, 11) is 1.72. The van der Waals surface area contributed by atoms with Crippen LogP contribution in [0.25, 0.3) is 0 Å². The molecule has 0 N–H and O–H groups in total. The molecule has 94 valence electrons. The first-order chi connectivity index (χ1) is 8.04. The van der Waals surface area contributed by atoms with E-state index in [4.69, 9.17) is 4.74 Å². The van der Waals surface area contributed by atoms with E-state index in [1.807, 2.05) is 26.0 Å². The molecule has 1 aromatic carbocycles. The molecule has 1 rings (SSSR count). The molecule has 0 atom stereocenters. The van der Waals surface area contributed by atoms with Crippen molar-refractivity contribution in [2.75, 3.05) is 11.9 Å². The molecule has 17 heavy (non-hydrogen) atoms. The molecule has 3 nitrogen and oxygen atoms in total. The average Bonchev–Trinajstić information content (AvgIpc) is 2.28. The van der Waals surface area contributed by atoms with Crippen LogP contribution in [0.2, 0.25) is 0 Å². The summed E-state index contributed by atoms with van der Waals surface area (Å²) in [5.74, 6) is 0. The molecule has 0 saturated heterocycles. The highest BCUT2D eigenvalue weighted by molar-refractivity contribution is 5.87. The molecule has 0 aliphatic rings. The van der Waals surface area contributed by atoms with Gasteiger partial charge in [-0.05, 0) is 38.0 Å². The van der Waals surface area contributed by atoms with E-state index >= 15 is 0 Å². The van der Waals surface area contributed by atoms with E-state index in [-0.39, 0.29) is 12.2 Å². The topological polar surface area (TPSA) is 29.5 Å². The quantitative estimate of drug-likeness (QED) is 0.797. The highest BCUT2D eigenvalue weighted by atomic mass is 16.6. The monoisotopic (exact) mass is 235 g/mol. The fraction of sp³-hybridized carbons (Fsp3) is 0.500. The van der Waals surface area contributed by atoms with Crippen molar-refractivity contribution in [2.24, 2.45) is 0 Å². The number of rotatable bonds is 4. The molecule has 0 heterocycles. The molecule has 0 fully saturated rings. The van der Waals surface area contributed by atoms with E-state index in [2.05, 4.69) is 19.1 Å². The molecular formula is C14H21NO2. The lowest BCUT2D eigenvalue weighted by atomic mass is 10.1. The Kier molecular flexibility index (Phi) is 5.01. The van der Waals surface area contributed by atoms with Crippen LogP contribution in [0.15, 0.2) is 24.3 Å². The van der Waals surface area contributed by atoms with Gasteiger partial charge in [-0.2, -0.15) is 0 Å². The van der Waals surface area contributed by atoms with Crippen LogP contribution in [-0.2, 0) is 11.2 Å². The summed E-state index contributed by atoms with van der Waals surface area (Å²) >= 11 is 0. The minimum Gasteiger partial charge on any atom is -0.446 e. The van der Waals surface area contributed by atoms with Gasteiger partial charge in [0.05, 0.1) is 6.10 Å². The summed E-state index contributed by atoms with van der Waals surface area (Å²) < 4.78 is 5.13. The molecule has 0 aliphatic carbocycles. The predicted octanol–water partition coefficient (Wildman–Crippen LogP) is 3.62. The lowest BCUT2D eigenvalue weighted by molar-refractivity contribution is 0.124. The third-order valence-electron chi connectivity index (χ3n) is 2.47. The maximum atomic E-state index is 11.7. The van der Waals surface area contributed by atoms with Crippen molar-refractivity contribution >= 4 is 11.8 Å². The maximum absolute atomic E-state index is 11.7. The summed E-state index contributed by atoms with van der Waals surface area (Å²) in [5, 5.41) is 0. The van der Waals surface area contributed by atoms with Crippen LogP contribution < -0.4 is 4.90 Å². The highest BCUT2D eigenvalue weighted by Crippen LogP contribution is 2.16. The molecule has 0 aliphatic heterocycles. The molecule has 0 radical (unpaired) electrons. The Labute approximate surface area is 103 Å². The fourth-order valence-electron chi connectivity index (χ4n) is 1.56. The first kappa shape index (κ1) is 13.6. The summed E-state index contributed by atoms with van der Waals surface area (Å²) in [4.78, 5) is 13.2. The first-order valence-corrected chi connectivity index (χ1v) is 6.08. The van der Waals surface area contributed by atoms with Gasteiger partial charge in [-0.1, -0.05) is 25.5 Å². The number of carbonyl (C=O) groups excluding carboxylic acids is 1. The predicted molar refractivity (Wildman–Crippen MR) is 70.5 cm³/mol. The molecule has 0 aromatic heterocycles. The molecule has 1 amide bonds. The van der Waals surface area contributed by atoms with Crippen LogP contribution in [0.4, 0.5) is 10.5 Å². The van der Waals surface area contributed by atoms with E-state index in [0.29, 0.717) is 0 Å². The SMILES string of the molecule is CCCc1ccc(N(C)C(=O)OC(C)C)cc1. The van der Waals surface area contributed by atoms with Crippen LogP contribution in [0.5, 0.6) is 0 Å². The van der Waals surface area contributed by atoms with E-state index in [1.165, 1.54) is 10.5 Å². The second kappa shape index (κ2) is 6.28. The van der Waals surface area contributed by atoms with Crippen LogP contribution in [0, 0.1) is 0 Å². The number of nitrogens with zero attached hydrogens (tertiary/aromatic N) is 1. The van der Waals surface area contributed by atoms with Crippen molar-refractivity contribution in [3.8, 4) is 0 Å². The zero-order valence-electron chi connectivity index (χ0n) is 11.1. The van der Waals surface area contributed by atoms with Gasteiger partial charge in [-0.15, -0.1) is 0 Å². The highest BCUT2D eigenvalue weighted by Gasteiger charge is 2.13. The summed E-state index contributed by atoms with van der Waals surface area (Å²) in [6.07, 6.45) is 1.79. The van der Waals surface area contributed by atoms with E-state index < -0.39 is 0 Å². The third kappa shape index (κ3) is 4.10. The van der Waals surface area contributed by atoms with Crippen molar-refractivity contribution in [3.05, 3.63) is 29.8 Å². The number of ether oxygens (including phenoxy) is 1. The summed E-state index contributed by atoms with van der Waals surface area (Å²) in [6.45, 7) is 5.84. The Morgan fingerprint density at radius 1 is 1.29 bits per heavy atom. The van der Waals surface area contributed by atoms with Gasteiger partial charge in [0.2, 0.25) is 0 Å². The standard InChI is InChI=1S/C14H21NO2/c1-5-6-12-7-9-13(10-8-12)15(4)14(16)17-11(2)3/h7-11H,5-6H2,1-4H3. The minimum absolute atomic E-state index is 0.0932. The van der Waals surface area contributed by atoms with Crippen molar-refractivity contribution in [3.63, 3.8) is 0 Å². The lowest BCUT2D eigenvalue weighted by Crippen LogP contribution is -2.29. The molecule has 1 aromatic rings. The summed E-state index contributed by atoms with van der Waals surface area (Å²) in [6, 6.07) is 8.01. The number of carbonyl (C=O) groups is 1. The van der Waals surface area contributed by atoms with Gasteiger partial charge in [0.1, 0.15) is 0 Å². The van der Waals surface area contributed by atoms with Gasteiger partial charge >= 0.3 is 6.09 Å². The molecular weight excluding hydrogens is 214 g/mol. The fourth-order valence-corrected chi connectivity index (χ4v) is 1.56. The second-order valence-electron chi connectivity index (χ2n) is 4.41. The maximum Gasteiger partial charge on any atom is 0.414 e. The molecule has 0 spiro atoms. The number of amides is 1. The first-order valence-electron chi connectivity index (χ1n) is 6.08. The Balaban J connectivity index is 2.68. The van der Waals surface area contributed by atoms with Gasteiger partial charge < -0.3 is 4.74 Å². The van der Waals surface area contributed by atoms with Gasteiger partial charge in [0.25, 0.3) is 0 Å². The van der Waals surface area contributed by atoms with Gasteiger partial charge in [-0.25, -0.2) is 4.79 Å². The van der Waals surface area contributed by atoms with E-state index in [1.54, 1.807) is 7.05 Å². The Bertz CT molecular complexity index is 357. The second-order valence-corrected chi connectivity index (χ2v) is 4.41. The van der Waals surface area contributed by atoms with E-state index in [9.17, 15) is 4.79 Å². The molecule has 3 heteroatoms. The molecule has 0 saturated carbocycles. The van der Waals surface area contributed by atoms with Gasteiger partial charge in [0.15, 0.2) is 0 Å². The largest absolute Gasteiger partial charge is 0.446 e. The average molecular weight is 235 g/mol. The molecule has 0 bridgehead atoms. The third-order valence-corrected chi connectivity index (χ3v) is 2.47. The zero-order chi connectivity index (χ0) is 12.8. The Morgan fingerprint density at radius 2 is 1.88 bits per heavy atom. The normalized spacial score (nSPS) is 10.4. The van der Waals surface area contributed by atoms with Crippen molar-refractivity contribution in [1.82, 2.24) is 0 Å². The van der Waals surface area contributed by atoms with Crippen molar-refractivity contribution in [1.29, 1.82) is 0 Å².